The van der Waals surface area contributed by atoms with E-state index in [9.17, 15) is 28.8 Å². The number of anilines is 3. The molecule has 6 aromatic rings. The summed E-state index contributed by atoms with van der Waals surface area (Å²) in [4.78, 5) is 80.7. The van der Waals surface area contributed by atoms with E-state index >= 15 is 0 Å². The number of halogens is 1. The molecule has 6 amide bonds. The van der Waals surface area contributed by atoms with Crippen LogP contribution in [0.3, 0.4) is 0 Å². The molecule has 0 aliphatic carbocycles. The van der Waals surface area contributed by atoms with Gasteiger partial charge in [0.05, 0.1) is 19.3 Å². The van der Waals surface area contributed by atoms with Crippen molar-refractivity contribution in [3.8, 4) is 0 Å². The van der Waals surface area contributed by atoms with Gasteiger partial charge in [-0.2, -0.15) is 34.0 Å². The van der Waals surface area contributed by atoms with E-state index in [0.29, 0.717) is 56.0 Å². The molecule has 0 unspecified atom stereocenters. The SMILES string of the molecule is Cl.N=C(N)NCCC[C@@H](NC(=O)Cc1ccsc1)C(=O)Nc1ccc(C(c2ccc(NC(=O)[C@@H](CCCNC(=N)N)NC(=O)Cc3ccsc3)cc2)c2ccc(NC(=O)[C@@H](CCCNC(=N)N)NC(=O)Cc3ccsc3)cc2)cc1. The minimum Gasteiger partial charge on any atom is -0.370 e. The van der Waals surface area contributed by atoms with Crippen LogP contribution >= 0.6 is 46.4 Å². The maximum absolute atomic E-state index is 13.8. The fourth-order valence-electron chi connectivity index (χ4n) is 8.41. The summed E-state index contributed by atoms with van der Waals surface area (Å²) in [5, 5.41) is 59.4. The number of nitrogens with two attached hydrogens (primary N) is 3. The molecular weight excluding hydrogens is 1100 g/mol. The first-order valence-corrected chi connectivity index (χ1v) is 28.3. The maximum atomic E-state index is 13.8. The van der Waals surface area contributed by atoms with Crippen LogP contribution in [0.5, 0.6) is 0 Å². The highest BCUT2D eigenvalue weighted by Gasteiger charge is 2.25. The molecule has 0 aliphatic heterocycles. The van der Waals surface area contributed by atoms with E-state index in [1.165, 1.54) is 34.0 Å². The molecule has 3 aromatic heterocycles. The molecule has 0 bridgehead atoms. The lowest BCUT2D eigenvalue weighted by atomic mass is 9.85. The van der Waals surface area contributed by atoms with Gasteiger partial charge in [0.2, 0.25) is 35.4 Å². The zero-order chi connectivity index (χ0) is 56.5. The van der Waals surface area contributed by atoms with Crippen molar-refractivity contribution in [1.29, 1.82) is 16.2 Å². The third kappa shape index (κ3) is 21.5. The molecule has 0 fully saturated rings. The quantitative estimate of drug-likeness (QED) is 0.0119. The molecule has 0 spiro atoms. The molecule has 3 heterocycles. The van der Waals surface area contributed by atoms with Gasteiger partial charge in [-0.15, -0.1) is 12.4 Å². The number of amides is 6. The van der Waals surface area contributed by atoms with E-state index < -0.39 is 41.8 Å². The van der Waals surface area contributed by atoms with Gasteiger partial charge in [-0.25, -0.2) is 0 Å². The molecule has 3 aromatic carbocycles. The van der Waals surface area contributed by atoms with E-state index in [1.807, 2.05) is 86.9 Å². The predicted molar refractivity (Wildman–Crippen MR) is 321 cm³/mol. The van der Waals surface area contributed by atoms with Crippen molar-refractivity contribution >= 4 is 117 Å². The summed E-state index contributed by atoms with van der Waals surface area (Å²) >= 11 is 4.42. The number of carbonyl (C=O) groups excluding carboxylic acids is 6. The van der Waals surface area contributed by atoms with Crippen molar-refractivity contribution in [2.24, 2.45) is 17.2 Å². The Labute approximate surface area is 482 Å². The van der Waals surface area contributed by atoms with E-state index in [1.54, 1.807) is 36.4 Å². The fraction of sp³-hybridized carbons (Fsp3) is 0.291. The lowest BCUT2D eigenvalue weighted by Crippen LogP contribution is -2.45. The van der Waals surface area contributed by atoms with Gasteiger partial charge in [0.1, 0.15) is 18.1 Å². The van der Waals surface area contributed by atoms with Crippen molar-refractivity contribution in [2.75, 3.05) is 35.6 Å². The topological polar surface area (TPSA) is 360 Å². The fourth-order valence-corrected chi connectivity index (χ4v) is 10.4. The first kappa shape index (κ1) is 62.5. The van der Waals surface area contributed by atoms with Crippen LogP contribution in [0.1, 0.15) is 77.8 Å². The Balaban J connectivity index is 0.0000118. The summed E-state index contributed by atoms with van der Waals surface area (Å²) in [6.07, 6.45) is 2.52. The molecule has 0 saturated carbocycles. The monoisotopic (exact) mass is 1170 g/mol. The highest BCUT2D eigenvalue weighted by molar-refractivity contribution is 7.08. The average Bonchev–Trinajstić information content (AvgIpc) is 4.30. The summed E-state index contributed by atoms with van der Waals surface area (Å²) in [6, 6.07) is 24.8. The van der Waals surface area contributed by atoms with E-state index in [4.69, 9.17) is 33.4 Å². The predicted octanol–water partition coefficient (Wildman–Crippen LogP) is 5.26. The van der Waals surface area contributed by atoms with Gasteiger partial charge in [0, 0.05) is 42.6 Å². The summed E-state index contributed by atoms with van der Waals surface area (Å²) in [6.45, 7) is 1.01. The van der Waals surface area contributed by atoms with Gasteiger partial charge in [0.25, 0.3) is 0 Å². The standard InChI is InChI=1S/C55H67N15O6S3.ClH/c56-53(57)62-22-1-4-43(68-46(71)28-34-19-25-77-31-34)50(74)65-40-13-7-37(8-14-40)49(38-9-15-41(16-10-38)66-51(75)44(5-2-23-63-54(58)59)69-47(72)29-35-20-26-78-32-35)39-11-17-42(18-12-39)67-52(76)45(6-3-24-64-55(60)61)70-48(73)30-36-21-27-79-33-36;/h7-21,25-27,31-33,43-45,49H,1-6,22-24,28-30H2,(H,65,74)(H,66,75)(H,67,76)(H,68,71)(H,69,72)(H,70,73)(H4,56,57,62)(H4,58,59,63)(H4,60,61,64);1H/t43-,44-,45-;/m1./s1. The number of thiophene rings is 3. The molecule has 0 radical (unpaired) electrons. The lowest BCUT2D eigenvalue weighted by Gasteiger charge is -2.22. The first-order chi connectivity index (χ1) is 38.1. The Kier molecular flexibility index (Phi) is 25.4. The van der Waals surface area contributed by atoms with Crippen molar-refractivity contribution in [3.63, 3.8) is 0 Å². The van der Waals surface area contributed by atoms with Crippen LogP contribution in [0.4, 0.5) is 17.1 Å². The van der Waals surface area contributed by atoms with E-state index in [2.05, 4.69) is 47.9 Å². The lowest BCUT2D eigenvalue weighted by molar-refractivity contribution is -0.126. The minimum atomic E-state index is -0.881. The molecule has 25 heteroatoms. The normalized spacial score (nSPS) is 12.2. The van der Waals surface area contributed by atoms with Gasteiger partial charge >= 0.3 is 0 Å². The number of benzene rings is 3. The molecule has 3 atom stereocenters. The molecule has 6 rings (SSSR count). The Hall–Kier alpha value is -8.32. The largest absolute Gasteiger partial charge is 0.370 e. The summed E-state index contributed by atoms with van der Waals surface area (Å²) < 4.78 is 0. The number of guanidine groups is 3. The van der Waals surface area contributed by atoms with Gasteiger partial charge in [-0.05, 0) is 159 Å². The molecule has 424 valence electrons. The smallest absolute Gasteiger partial charge is 0.246 e. The summed E-state index contributed by atoms with van der Waals surface area (Å²) in [7, 11) is 0. The number of carbonyl (C=O) groups is 6. The number of nitrogens with one attached hydrogen (secondary N) is 12. The number of rotatable bonds is 30. The highest BCUT2D eigenvalue weighted by atomic mass is 35.5. The van der Waals surface area contributed by atoms with Gasteiger partial charge in [-0.3, -0.25) is 45.0 Å². The summed E-state index contributed by atoms with van der Waals surface area (Å²) in [5.74, 6) is -3.20. The second-order valence-corrected chi connectivity index (χ2v) is 20.8. The summed E-state index contributed by atoms with van der Waals surface area (Å²) in [5.41, 5.74) is 22.8. The van der Waals surface area contributed by atoms with Crippen molar-refractivity contribution in [1.82, 2.24) is 31.9 Å². The Morgan fingerprint density at radius 1 is 0.412 bits per heavy atom. The minimum absolute atomic E-state index is 0. The zero-order valence-electron chi connectivity index (χ0n) is 43.7. The zero-order valence-corrected chi connectivity index (χ0v) is 47.0. The van der Waals surface area contributed by atoms with Crippen molar-refractivity contribution in [2.45, 2.75) is 81.8 Å². The molecule has 21 nitrogen and oxygen atoms in total. The Bertz CT molecular complexity index is 2650. The molecular formula is C55H68ClN15O6S3. The second kappa shape index (κ2) is 32.5. The number of hydrogen-bond acceptors (Lipinski definition) is 12. The highest BCUT2D eigenvalue weighted by Crippen LogP contribution is 2.34. The van der Waals surface area contributed by atoms with Crippen LogP contribution in [0.15, 0.2) is 123 Å². The van der Waals surface area contributed by atoms with E-state index in [-0.39, 0.29) is 86.5 Å². The first-order valence-electron chi connectivity index (χ1n) is 25.5. The second-order valence-electron chi connectivity index (χ2n) is 18.5. The van der Waals surface area contributed by atoms with Gasteiger partial charge in [-0.1, -0.05) is 36.4 Å². The molecule has 0 aliphatic rings. The Morgan fingerprint density at radius 3 is 0.900 bits per heavy atom. The van der Waals surface area contributed by atoms with Gasteiger partial charge in [0.15, 0.2) is 17.9 Å². The van der Waals surface area contributed by atoms with Crippen LogP contribution < -0.4 is 65.1 Å². The van der Waals surface area contributed by atoms with E-state index in [0.717, 1.165) is 33.4 Å². The van der Waals surface area contributed by atoms with Crippen LogP contribution in [0, 0.1) is 16.2 Å². The third-order valence-electron chi connectivity index (χ3n) is 12.3. The van der Waals surface area contributed by atoms with Gasteiger partial charge < -0.3 is 65.1 Å². The van der Waals surface area contributed by atoms with Crippen LogP contribution in [0.2, 0.25) is 0 Å². The maximum Gasteiger partial charge on any atom is 0.246 e. The third-order valence-corrected chi connectivity index (χ3v) is 14.5. The van der Waals surface area contributed by atoms with Crippen LogP contribution in [0.25, 0.3) is 0 Å². The van der Waals surface area contributed by atoms with Crippen LogP contribution in [-0.2, 0) is 48.0 Å². The van der Waals surface area contributed by atoms with Crippen LogP contribution in [-0.4, -0.2) is 91.1 Å². The van der Waals surface area contributed by atoms with Crippen molar-refractivity contribution < 1.29 is 28.8 Å². The number of hydrogen-bond donors (Lipinski definition) is 15. The molecule has 80 heavy (non-hydrogen) atoms. The Morgan fingerprint density at radius 2 is 0.675 bits per heavy atom. The molecule has 18 N–H and O–H groups in total. The average molecular weight is 1170 g/mol. The van der Waals surface area contributed by atoms with Crippen molar-refractivity contribution in [3.05, 3.63) is 157 Å². The molecule has 0 saturated heterocycles.